The van der Waals surface area contributed by atoms with Gasteiger partial charge in [-0.2, -0.15) is 0 Å². The summed E-state index contributed by atoms with van der Waals surface area (Å²) in [5, 5.41) is 5.79. The molecule has 1 N–H and O–H groups in total. The van der Waals surface area contributed by atoms with Crippen LogP contribution in [-0.4, -0.2) is 15.9 Å². The number of carbonyl (C=O) groups is 1. The number of aryl methyl sites for hydroxylation is 1. The second-order valence-corrected chi connectivity index (χ2v) is 5.79. The molecule has 22 heavy (non-hydrogen) atoms. The van der Waals surface area contributed by atoms with Crippen LogP contribution in [0.5, 0.6) is 0 Å². The van der Waals surface area contributed by atoms with Gasteiger partial charge in [-0.1, -0.05) is 17.7 Å². The standard InChI is InChI=1S/C17H15N3OS/c1-12-2-4-13(5-3-12)16(21)19-10-15-11-22-17(20-15)14-6-8-18-9-7-14/h2-9,11H,10H2,1H3,(H,19,21). The molecule has 3 aromatic rings. The highest BCUT2D eigenvalue weighted by Crippen LogP contribution is 2.22. The first-order valence-electron chi connectivity index (χ1n) is 6.92. The topological polar surface area (TPSA) is 54.9 Å². The fourth-order valence-electron chi connectivity index (χ4n) is 1.99. The summed E-state index contributed by atoms with van der Waals surface area (Å²) in [6, 6.07) is 11.4. The minimum absolute atomic E-state index is 0.0848. The zero-order valence-corrected chi connectivity index (χ0v) is 12.9. The molecule has 5 heteroatoms. The van der Waals surface area contributed by atoms with E-state index in [4.69, 9.17) is 0 Å². The molecule has 0 aliphatic rings. The number of nitrogens with zero attached hydrogens (tertiary/aromatic N) is 2. The molecule has 1 aromatic carbocycles. The second-order valence-electron chi connectivity index (χ2n) is 4.93. The minimum Gasteiger partial charge on any atom is -0.346 e. The number of rotatable bonds is 4. The van der Waals surface area contributed by atoms with Crippen LogP contribution in [0.25, 0.3) is 10.6 Å². The van der Waals surface area contributed by atoms with Crippen molar-refractivity contribution in [2.24, 2.45) is 0 Å². The van der Waals surface area contributed by atoms with E-state index in [1.165, 1.54) is 0 Å². The number of amides is 1. The van der Waals surface area contributed by atoms with Crippen molar-refractivity contribution in [1.29, 1.82) is 0 Å². The van der Waals surface area contributed by atoms with Gasteiger partial charge >= 0.3 is 0 Å². The number of thiazole rings is 1. The summed E-state index contributed by atoms with van der Waals surface area (Å²) < 4.78 is 0. The summed E-state index contributed by atoms with van der Waals surface area (Å²) in [4.78, 5) is 20.6. The van der Waals surface area contributed by atoms with Crippen LogP contribution in [0.2, 0.25) is 0 Å². The zero-order chi connectivity index (χ0) is 15.4. The molecule has 0 unspecified atom stereocenters. The lowest BCUT2D eigenvalue weighted by Gasteiger charge is -2.03. The molecule has 1 amide bonds. The maximum absolute atomic E-state index is 12.1. The summed E-state index contributed by atoms with van der Waals surface area (Å²) in [6.45, 7) is 2.42. The van der Waals surface area contributed by atoms with E-state index in [1.54, 1.807) is 23.7 Å². The molecule has 0 radical (unpaired) electrons. The molecule has 4 nitrogen and oxygen atoms in total. The van der Waals surface area contributed by atoms with Crippen LogP contribution in [0.4, 0.5) is 0 Å². The summed E-state index contributed by atoms with van der Waals surface area (Å²) in [7, 11) is 0. The lowest BCUT2D eigenvalue weighted by Crippen LogP contribution is -2.22. The number of aromatic nitrogens is 2. The summed E-state index contributed by atoms with van der Waals surface area (Å²) in [5.74, 6) is -0.0848. The molecule has 0 saturated heterocycles. The lowest BCUT2D eigenvalue weighted by atomic mass is 10.1. The molecule has 110 valence electrons. The minimum atomic E-state index is -0.0848. The number of benzene rings is 1. The Labute approximate surface area is 132 Å². The molecule has 0 aliphatic heterocycles. The highest BCUT2D eigenvalue weighted by atomic mass is 32.1. The van der Waals surface area contributed by atoms with E-state index >= 15 is 0 Å². The third-order valence-corrected chi connectivity index (χ3v) is 4.16. The number of hydrogen-bond acceptors (Lipinski definition) is 4. The predicted molar refractivity (Wildman–Crippen MR) is 87.7 cm³/mol. The van der Waals surface area contributed by atoms with E-state index in [9.17, 15) is 4.79 Å². The molecular formula is C17H15N3OS. The number of carbonyl (C=O) groups excluding carboxylic acids is 1. The number of hydrogen-bond donors (Lipinski definition) is 1. The van der Waals surface area contributed by atoms with Crippen LogP contribution in [0.1, 0.15) is 21.6 Å². The molecule has 3 rings (SSSR count). The van der Waals surface area contributed by atoms with Gasteiger partial charge in [-0.3, -0.25) is 9.78 Å². The first-order valence-corrected chi connectivity index (χ1v) is 7.80. The van der Waals surface area contributed by atoms with E-state index in [2.05, 4.69) is 15.3 Å². The lowest BCUT2D eigenvalue weighted by molar-refractivity contribution is 0.0950. The molecule has 0 saturated carbocycles. The molecule has 2 heterocycles. The van der Waals surface area contributed by atoms with Crippen molar-refractivity contribution in [1.82, 2.24) is 15.3 Å². The molecule has 0 fully saturated rings. The van der Waals surface area contributed by atoms with Crippen molar-refractivity contribution < 1.29 is 4.79 Å². The Morgan fingerprint density at radius 3 is 2.59 bits per heavy atom. The molecule has 2 aromatic heterocycles. The second kappa shape index (κ2) is 6.49. The van der Waals surface area contributed by atoms with Crippen molar-refractivity contribution in [2.75, 3.05) is 0 Å². The number of nitrogens with one attached hydrogen (secondary N) is 1. The monoisotopic (exact) mass is 309 g/mol. The SMILES string of the molecule is Cc1ccc(C(=O)NCc2csc(-c3ccncc3)n2)cc1. The van der Waals surface area contributed by atoms with Crippen LogP contribution in [0.3, 0.4) is 0 Å². The maximum atomic E-state index is 12.1. The third-order valence-electron chi connectivity index (χ3n) is 3.22. The van der Waals surface area contributed by atoms with E-state index in [-0.39, 0.29) is 5.91 Å². The van der Waals surface area contributed by atoms with Crippen LogP contribution in [0.15, 0.2) is 54.2 Å². The summed E-state index contributed by atoms with van der Waals surface area (Å²) in [6.07, 6.45) is 3.49. The van der Waals surface area contributed by atoms with Gasteiger partial charge in [0.2, 0.25) is 0 Å². The fraction of sp³-hybridized carbons (Fsp3) is 0.118. The van der Waals surface area contributed by atoms with Crippen LogP contribution < -0.4 is 5.32 Å². The van der Waals surface area contributed by atoms with Gasteiger partial charge in [0.25, 0.3) is 5.91 Å². The average molecular weight is 309 g/mol. The Bertz CT molecular complexity index is 766. The molecular weight excluding hydrogens is 294 g/mol. The van der Waals surface area contributed by atoms with Crippen molar-refractivity contribution in [3.63, 3.8) is 0 Å². The van der Waals surface area contributed by atoms with Gasteiger partial charge in [0.15, 0.2) is 0 Å². The van der Waals surface area contributed by atoms with E-state index in [1.807, 2.05) is 48.7 Å². The summed E-state index contributed by atoms with van der Waals surface area (Å²) in [5.41, 5.74) is 3.70. The van der Waals surface area contributed by atoms with Crippen LogP contribution in [-0.2, 0) is 6.54 Å². The maximum Gasteiger partial charge on any atom is 0.251 e. The average Bonchev–Trinajstić information content (AvgIpc) is 3.03. The molecule has 0 aliphatic carbocycles. The normalized spacial score (nSPS) is 10.4. The zero-order valence-electron chi connectivity index (χ0n) is 12.1. The van der Waals surface area contributed by atoms with Crippen molar-refractivity contribution in [2.45, 2.75) is 13.5 Å². The van der Waals surface area contributed by atoms with Crippen molar-refractivity contribution in [3.8, 4) is 10.6 Å². The smallest absolute Gasteiger partial charge is 0.251 e. The highest BCUT2D eigenvalue weighted by molar-refractivity contribution is 7.13. The predicted octanol–water partition coefficient (Wildman–Crippen LogP) is 3.44. The first kappa shape index (κ1) is 14.4. The van der Waals surface area contributed by atoms with Gasteiger partial charge in [0, 0.05) is 28.9 Å². The van der Waals surface area contributed by atoms with Crippen molar-refractivity contribution in [3.05, 3.63) is 71.0 Å². The first-order chi connectivity index (χ1) is 10.7. The van der Waals surface area contributed by atoms with Crippen molar-refractivity contribution >= 4 is 17.2 Å². The van der Waals surface area contributed by atoms with Crippen LogP contribution >= 0.6 is 11.3 Å². The highest BCUT2D eigenvalue weighted by Gasteiger charge is 2.08. The Morgan fingerprint density at radius 2 is 1.86 bits per heavy atom. The quantitative estimate of drug-likeness (QED) is 0.803. The number of pyridine rings is 1. The van der Waals surface area contributed by atoms with E-state index in [0.29, 0.717) is 12.1 Å². The largest absolute Gasteiger partial charge is 0.346 e. The Hall–Kier alpha value is -2.53. The Morgan fingerprint density at radius 1 is 1.14 bits per heavy atom. The van der Waals surface area contributed by atoms with Gasteiger partial charge in [-0.15, -0.1) is 11.3 Å². The van der Waals surface area contributed by atoms with E-state index < -0.39 is 0 Å². The molecule has 0 bridgehead atoms. The van der Waals surface area contributed by atoms with Crippen LogP contribution in [0, 0.1) is 6.92 Å². The summed E-state index contributed by atoms with van der Waals surface area (Å²) >= 11 is 1.56. The van der Waals surface area contributed by atoms with E-state index in [0.717, 1.165) is 21.8 Å². The fourth-order valence-corrected chi connectivity index (χ4v) is 2.82. The van der Waals surface area contributed by atoms with Gasteiger partial charge in [-0.25, -0.2) is 4.98 Å². The van der Waals surface area contributed by atoms with Gasteiger partial charge in [0.1, 0.15) is 5.01 Å². The third kappa shape index (κ3) is 3.38. The Balaban J connectivity index is 1.64. The molecule has 0 atom stereocenters. The Kier molecular flexibility index (Phi) is 4.25. The van der Waals surface area contributed by atoms with Gasteiger partial charge in [0.05, 0.1) is 12.2 Å². The molecule has 0 spiro atoms. The van der Waals surface area contributed by atoms with Gasteiger partial charge in [-0.05, 0) is 31.2 Å². The van der Waals surface area contributed by atoms with Gasteiger partial charge < -0.3 is 5.32 Å².